The Labute approximate surface area is 122 Å². The highest BCUT2D eigenvalue weighted by molar-refractivity contribution is 7.89. The quantitative estimate of drug-likeness (QED) is 0.883. The van der Waals surface area contributed by atoms with Crippen LogP contribution in [0.4, 0.5) is 0 Å². The van der Waals surface area contributed by atoms with Gasteiger partial charge in [0.25, 0.3) is 0 Å². The molecule has 0 aliphatic carbocycles. The zero-order valence-electron chi connectivity index (χ0n) is 10.8. The standard InChI is InChI=1S/C12H14ClN3O3S/c1-2-6-20(17,18)14-8-11-15-12(16-19-11)9-4-3-5-10(13)7-9/h3-5,7,14H,2,6,8H2,1H3. The molecule has 0 aliphatic rings. The summed E-state index contributed by atoms with van der Waals surface area (Å²) in [5.74, 6) is 0.652. The second-order valence-corrected chi connectivity index (χ2v) is 6.52. The Kier molecular flexibility index (Phi) is 4.74. The van der Waals surface area contributed by atoms with E-state index in [-0.39, 0.29) is 18.2 Å². The molecule has 0 unspecified atom stereocenters. The molecule has 1 aromatic heterocycles. The number of rotatable bonds is 6. The lowest BCUT2D eigenvalue weighted by molar-refractivity contribution is 0.376. The van der Waals surface area contributed by atoms with E-state index >= 15 is 0 Å². The second-order valence-electron chi connectivity index (χ2n) is 4.16. The molecule has 0 spiro atoms. The molecule has 0 saturated carbocycles. The highest BCUT2D eigenvalue weighted by Gasteiger charge is 2.13. The summed E-state index contributed by atoms with van der Waals surface area (Å²) < 4.78 is 30.4. The van der Waals surface area contributed by atoms with Gasteiger partial charge in [0.2, 0.25) is 21.7 Å². The monoisotopic (exact) mass is 315 g/mol. The minimum Gasteiger partial charge on any atom is -0.338 e. The Hall–Kier alpha value is -1.44. The van der Waals surface area contributed by atoms with Crippen LogP contribution in [-0.2, 0) is 16.6 Å². The highest BCUT2D eigenvalue weighted by Crippen LogP contribution is 2.19. The van der Waals surface area contributed by atoms with Gasteiger partial charge in [0.15, 0.2) is 0 Å². The van der Waals surface area contributed by atoms with Crippen molar-refractivity contribution in [2.75, 3.05) is 5.75 Å². The molecule has 2 rings (SSSR count). The molecule has 0 aliphatic heterocycles. The van der Waals surface area contributed by atoms with E-state index in [2.05, 4.69) is 14.9 Å². The van der Waals surface area contributed by atoms with Crippen molar-refractivity contribution in [3.05, 3.63) is 35.2 Å². The molecule has 0 saturated heterocycles. The minimum atomic E-state index is -3.29. The maximum atomic E-state index is 11.5. The van der Waals surface area contributed by atoms with Crippen LogP contribution in [0.15, 0.2) is 28.8 Å². The van der Waals surface area contributed by atoms with Gasteiger partial charge in [-0.25, -0.2) is 13.1 Å². The van der Waals surface area contributed by atoms with Crippen molar-refractivity contribution in [3.63, 3.8) is 0 Å². The van der Waals surface area contributed by atoms with Crippen molar-refractivity contribution >= 4 is 21.6 Å². The van der Waals surface area contributed by atoms with Crippen LogP contribution in [0.25, 0.3) is 11.4 Å². The average Bonchev–Trinajstić information content (AvgIpc) is 2.85. The van der Waals surface area contributed by atoms with Crippen LogP contribution in [0.1, 0.15) is 19.2 Å². The molecule has 2 aromatic rings. The topological polar surface area (TPSA) is 85.1 Å². The zero-order valence-corrected chi connectivity index (χ0v) is 12.4. The van der Waals surface area contributed by atoms with Gasteiger partial charge in [-0.05, 0) is 18.6 Å². The fourth-order valence-corrected chi connectivity index (χ4v) is 2.80. The van der Waals surface area contributed by atoms with E-state index < -0.39 is 10.0 Å². The Morgan fingerprint density at radius 2 is 2.20 bits per heavy atom. The van der Waals surface area contributed by atoms with Gasteiger partial charge in [-0.2, -0.15) is 4.98 Å². The summed E-state index contributed by atoms with van der Waals surface area (Å²) in [6, 6.07) is 7.02. The lowest BCUT2D eigenvalue weighted by Gasteiger charge is -2.01. The van der Waals surface area contributed by atoms with E-state index in [4.69, 9.17) is 16.1 Å². The predicted octanol–water partition coefficient (Wildman–Crippen LogP) is 2.22. The summed E-state index contributed by atoms with van der Waals surface area (Å²) in [5, 5.41) is 4.36. The van der Waals surface area contributed by atoms with Gasteiger partial charge in [0, 0.05) is 10.6 Å². The maximum absolute atomic E-state index is 11.5. The first-order valence-electron chi connectivity index (χ1n) is 6.06. The number of nitrogens with one attached hydrogen (secondary N) is 1. The number of sulfonamides is 1. The first-order valence-corrected chi connectivity index (χ1v) is 8.09. The molecule has 0 atom stereocenters. The van der Waals surface area contributed by atoms with Gasteiger partial charge in [-0.1, -0.05) is 35.8 Å². The van der Waals surface area contributed by atoms with Crippen molar-refractivity contribution in [2.45, 2.75) is 19.9 Å². The predicted molar refractivity (Wildman–Crippen MR) is 75.7 cm³/mol. The van der Waals surface area contributed by atoms with E-state index in [0.29, 0.717) is 22.8 Å². The lowest BCUT2D eigenvalue weighted by Crippen LogP contribution is -2.25. The first-order chi connectivity index (χ1) is 9.50. The van der Waals surface area contributed by atoms with Gasteiger partial charge in [0.05, 0.1) is 12.3 Å². The van der Waals surface area contributed by atoms with Crippen molar-refractivity contribution in [2.24, 2.45) is 0 Å². The van der Waals surface area contributed by atoms with Crippen LogP contribution in [0, 0.1) is 0 Å². The first kappa shape index (κ1) is 15.0. The number of benzene rings is 1. The van der Waals surface area contributed by atoms with Gasteiger partial charge in [-0.15, -0.1) is 0 Å². The fourth-order valence-electron chi connectivity index (χ4n) is 1.58. The molecule has 0 amide bonds. The molecule has 0 fully saturated rings. The number of aromatic nitrogens is 2. The third-order valence-corrected chi connectivity index (χ3v) is 4.23. The average molecular weight is 316 g/mol. The number of halogens is 1. The second kappa shape index (κ2) is 6.34. The molecular weight excluding hydrogens is 302 g/mol. The van der Waals surface area contributed by atoms with E-state index in [1.54, 1.807) is 31.2 Å². The smallest absolute Gasteiger partial charge is 0.242 e. The van der Waals surface area contributed by atoms with E-state index in [9.17, 15) is 8.42 Å². The third kappa shape index (κ3) is 4.03. The Bertz CT molecular complexity index is 685. The molecular formula is C12H14ClN3O3S. The van der Waals surface area contributed by atoms with Crippen LogP contribution in [0.2, 0.25) is 5.02 Å². The zero-order chi connectivity index (χ0) is 14.6. The SMILES string of the molecule is CCCS(=O)(=O)NCc1nc(-c2cccc(Cl)c2)no1. The van der Waals surface area contributed by atoms with Crippen LogP contribution in [-0.4, -0.2) is 24.3 Å². The summed E-state index contributed by atoms with van der Waals surface area (Å²) in [4.78, 5) is 4.12. The van der Waals surface area contributed by atoms with Gasteiger partial charge < -0.3 is 4.52 Å². The fraction of sp³-hybridized carbons (Fsp3) is 0.333. The molecule has 6 nitrogen and oxygen atoms in total. The maximum Gasteiger partial charge on any atom is 0.242 e. The largest absolute Gasteiger partial charge is 0.338 e. The van der Waals surface area contributed by atoms with Crippen molar-refractivity contribution in [3.8, 4) is 11.4 Å². The van der Waals surface area contributed by atoms with E-state index in [1.165, 1.54) is 0 Å². The van der Waals surface area contributed by atoms with Crippen LogP contribution >= 0.6 is 11.6 Å². The number of nitrogens with zero attached hydrogens (tertiary/aromatic N) is 2. The highest BCUT2D eigenvalue weighted by atomic mass is 35.5. The Balaban J connectivity index is 2.06. The molecule has 0 radical (unpaired) electrons. The summed E-state index contributed by atoms with van der Waals surface area (Å²) in [7, 11) is -3.29. The summed E-state index contributed by atoms with van der Waals surface area (Å²) in [6.07, 6.45) is 0.549. The van der Waals surface area contributed by atoms with Gasteiger partial charge in [0.1, 0.15) is 0 Å². The Morgan fingerprint density at radius 3 is 2.90 bits per heavy atom. The molecule has 1 N–H and O–H groups in total. The van der Waals surface area contributed by atoms with E-state index in [1.807, 2.05) is 0 Å². The molecule has 8 heteroatoms. The molecule has 0 bridgehead atoms. The normalized spacial score (nSPS) is 11.7. The number of hydrogen-bond acceptors (Lipinski definition) is 5. The van der Waals surface area contributed by atoms with Crippen molar-refractivity contribution in [1.82, 2.24) is 14.9 Å². The molecule has 1 aromatic carbocycles. The van der Waals surface area contributed by atoms with Crippen molar-refractivity contribution < 1.29 is 12.9 Å². The molecule has 108 valence electrons. The van der Waals surface area contributed by atoms with Crippen LogP contribution < -0.4 is 4.72 Å². The lowest BCUT2D eigenvalue weighted by atomic mass is 10.2. The van der Waals surface area contributed by atoms with Crippen molar-refractivity contribution in [1.29, 1.82) is 0 Å². The summed E-state index contributed by atoms with van der Waals surface area (Å²) >= 11 is 5.88. The van der Waals surface area contributed by atoms with Gasteiger partial charge >= 0.3 is 0 Å². The van der Waals surface area contributed by atoms with Crippen LogP contribution in [0.3, 0.4) is 0 Å². The van der Waals surface area contributed by atoms with Crippen LogP contribution in [0.5, 0.6) is 0 Å². The minimum absolute atomic E-state index is 0.0180. The molecule has 20 heavy (non-hydrogen) atoms. The Morgan fingerprint density at radius 1 is 1.40 bits per heavy atom. The van der Waals surface area contributed by atoms with Gasteiger partial charge in [-0.3, -0.25) is 0 Å². The number of hydrogen-bond donors (Lipinski definition) is 1. The summed E-state index contributed by atoms with van der Waals surface area (Å²) in [6.45, 7) is 1.78. The third-order valence-electron chi connectivity index (χ3n) is 2.47. The summed E-state index contributed by atoms with van der Waals surface area (Å²) in [5.41, 5.74) is 0.712. The molecule has 1 heterocycles. The van der Waals surface area contributed by atoms with E-state index in [0.717, 1.165) is 0 Å².